The fourth-order valence-corrected chi connectivity index (χ4v) is 4.85. The summed E-state index contributed by atoms with van der Waals surface area (Å²) in [6.45, 7) is 6.58. The molecule has 0 bridgehead atoms. The molecule has 1 saturated heterocycles. The van der Waals surface area contributed by atoms with Crippen LogP contribution in [-0.2, 0) is 14.3 Å². The van der Waals surface area contributed by atoms with Crippen LogP contribution in [0.1, 0.15) is 18.9 Å². The summed E-state index contributed by atoms with van der Waals surface area (Å²) in [5, 5.41) is 15.6. The maximum Gasteiger partial charge on any atom is 0.245 e. The Morgan fingerprint density at radius 2 is 1.88 bits per heavy atom. The van der Waals surface area contributed by atoms with Crippen LogP contribution in [0.3, 0.4) is 0 Å². The molecule has 228 valence electrons. The third-order valence-electron chi connectivity index (χ3n) is 7.17. The topological polar surface area (TPSA) is 169 Å². The van der Waals surface area contributed by atoms with Crippen LogP contribution in [-0.4, -0.2) is 102 Å². The van der Waals surface area contributed by atoms with Gasteiger partial charge in [-0.15, -0.1) is 5.10 Å². The molecule has 3 aromatic heterocycles. The van der Waals surface area contributed by atoms with Gasteiger partial charge in [0.2, 0.25) is 17.7 Å². The average molecular weight is 592 g/mol. The number of aromatic nitrogens is 4. The molecule has 14 heteroatoms. The van der Waals surface area contributed by atoms with Gasteiger partial charge in [0.25, 0.3) is 0 Å². The van der Waals surface area contributed by atoms with Gasteiger partial charge < -0.3 is 44.9 Å². The second kappa shape index (κ2) is 14.0. The Bertz CT molecular complexity index is 1500. The number of fused-ring (bicyclic) bond motifs is 1. The summed E-state index contributed by atoms with van der Waals surface area (Å²) in [5.74, 6) is 1.93. The summed E-state index contributed by atoms with van der Waals surface area (Å²) in [6.07, 6.45) is 3.18. The zero-order valence-corrected chi connectivity index (χ0v) is 24.4. The third kappa shape index (κ3) is 6.87. The Hall–Kier alpha value is -4.69. The number of amides is 1. The van der Waals surface area contributed by atoms with Crippen molar-refractivity contribution in [2.24, 2.45) is 0 Å². The predicted octanol–water partition coefficient (Wildman–Crippen LogP) is 2.55. The van der Waals surface area contributed by atoms with Crippen LogP contribution < -0.4 is 20.7 Å². The quantitative estimate of drug-likeness (QED) is 0.145. The highest BCUT2D eigenvalue weighted by atomic mass is 16.5. The van der Waals surface area contributed by atoms with E-state index in [9.17, 15) is 4.79 Å². The van der Waals surface area contributed by atoms with E-state index in [0.717, 1.165) is 17.7 Å². The molecular formula is C29H37N9O5. The molecule has 0 radical (unpaired) electrons. The van der Waals surface area contributed by atoms with Crippen molar-refractivity contribution in [1.29, 1.82) is 5.41 Å². The zero-order chi connectivity index (χ0) is 30.2. The normalized spacial score (nSPS) is 14.2. The molecule has 4 N–H and O–H groups in total. The Morgan fingerprint density at radius 3 is 2.56 bits per heavy atom. The van der Waals surface area contributed by atoms with Gasteiger partial charge in [-0.3, -0.25) is 4.79 Å². The highest BCUT2D eigenvalue weighted by Gasteiger charge is 2.28. The van der Waals surface area contributed by atoms with E-state index in [0.29, 0.717) is 87.6 Å². The Balaban J connectivity index is 1.18. The fraction of sp³-hybridized carbons (Fsp3) is 0.414. The molecule has 0 spiro atoms. The van der Waals surface area contributed by atoms with Gasteiger partial charge in [-0.05, 0) is 42.8 Å². The molecule has 5 rings (SSSR count). The van der Waals surface area contributed by atoms with Gasteiger partial charge in [0, 0.05) is 45.2 Å². The number of nitrogens with zero attached hydrogens (tertiary/aromatic N) is 6. The van der Waals surface area contributed by atoms with Gasteiger partial charge >= 0.3 is 0 Å². The van der Waals surface area contributed by atoms with Crippen molar-refractivity contribution in [2.45, 2.75) is 19.4 Å². The summed E-state index contributed by atoms with van der Waals surface area (Å²) in [7, 11) is 1.64. The molecule has 4 aromatic rings. The van der Waals surface area contributed by atoms with Gasteiger partial charge in [-0.2, -0.15) is 9.50 Å². The van der Waals surface area contributed by atoms with Crippen molar-refractivity contribution in [2.75, 3.05) is 75.7 Å². The molecule has 1 atom stereocenters. The number of hydrogen-bond donors (Lipinski definition) is 3. The lowest BCUT2D eigenvalue weighted by molar-refractivity contribution is -0.132. The summed E-state index contributed by atoms with van der Waals surface area (Å²) in [6, 6.07) is 10.9. The third-order valence-corrected chi connectivity index (χ3v) is 7.17. The minimum atomic E-state index is -0.554. The Morgan fingerprint density at radius 1 is 1.12 bits per heavy atom. The molecule has 43 heavy (non-hydrogen) atoms. The molecular weight excluding hydrogens is 554 g/mol. The van der Waals surface area contributed by atoms with Crippen LogP contribution in [0.5, 0.6) is 5.75 Å². The number of furan rings is 1. The van der Waals surface area contributed by atoms with Crippen molar-refractivity contribution < 1.29 is 23.4 Å². The molecule has 14 nitrogen and oxygen atoms in total. The van der Waals surface area contributed by atoms with Crippen molar-refractivity contribution >= 4 is 35.2 Å². The van der Waals surface area contributed by atoms with E-state index in [1.54, 1.807) is 19.2 Å². The minimum Gasteiger partial charge on any atom is -0.491 e. The van der Waals surface area contributed by atoms with Gasteiger partial charge in [-0.1, -0.05) is 6.92 Å². The number of nitrogens with two attached hydrogens (primary N) is 1. The smallest absolute Gasteiger partial charge is 0.245 e. The van der Waals surface area contributed by atoms with Crippen LogP contribution in [0.2, 0.25) is 0 Å². The number of piperazine rings is 1. The lowest BCUT2D eigenvalue weighted by atomic mass is 10.1. The molecule has 0 aliphatic carbocycles. The number of anilines is 3. The van der Waals surface area contributed by atoms with E-state index in [1.807, 2.05) is 36.1 Å². The van der Waals surface area contributed by atoms with Gasteiger partial charge in [0.1, 0.15) is 24.2 Å². The van der Waals surface area contributed by atoms with E-state index in [4.69, 9.17) is 29.8 Å². The number of ether oxygens (including phenoxy) is 3. The monoisotopic (exact) mass is 591 g/mol. The highest BCUT2D eigenvalue weighted by Crippen LogP contribution is 2.25. The summed E-state index contributed by atoms with van der Waals surface area (Å²) in [5.41, 5.74) is 7.99. The largest absolute Gasteiger partial charge is 0.491 e. The Labute approximate surface area is 249 Å². The molecule has 1 fully saturated rings. The van der Waals surface area contributed by atoms with Crippen LogP contribution in [0, 0.1) is 5.41 Å². The molecule has 1 aromatic carbocycles. The van der Waals surface area contributed by atoms with Crippen molar-refractivity contribution in [1.82, 2.24) is 24.5 Å². The van der Waals surface area contributed by atoms with Crippen molar-refractivity contribution in [3.05, 3.63) is 48.2 Å². The van der Waals surface area contributed by atoms with Crippen molar-refractivity contribution in [3.63, 3.8) is 0 Å². The molecule has 1 aliphatic heterocycles. The Kier molecular flexibility index (Phi) is 9.69. The number of benzene rings is 1. The number of carbonyl (C=O) groups excluding carboxylic acids is 1. The molecule has 1 aliphatic rings. The number of nitrogens with one attached hydrogen (secondary N) is 2. The summed E-state index contributed by atoms with van der Waals surface area (Å²) < 4.78 is 22.9. The maximum absolute atomic E-state index is 13.6. The van der Waals surface area contributed by atoms with E-state index in [1.165, 1.54) is 10.8 Å². The molecule has 0 saturated carbocycles. The first-order valence-corrected chi connectivity index (χ1v) is 14.2. The number of carbonyl (C=O) groups is 1. The number of nitrogen functional groups attached to an aromatic ring is 1. The van der Waals surface area contributed by atoms with Gasteiger partial charge in [-0.25, -0.2) is 4.98 Å². The average Bonchev–Trinajstić information content (AvgIpc) is 3.73. The molecule has 4 heterocycles. The first-order valence-electron chi connectivity index (χ1n) is 14.2. The van der Waals surface area contributed by atoms with E-state index in [-0.39, 0.29) is 11.9 Å². The second-order valence-corrected chi connectivity index (χ2v) is 9.89. The minimum absolute atomic E-state index is 0.0347. The second-order valence-electron chi connectivity index (χ2n) is 9.89. The highest BCUT2D eigenvalue weighted by molar-refractivity contribution is 5.94. The zero-order valence-electron chi connectivity index (χ0n) is 24.4. The number of rotatable bonds is 14. The number of hydrogen-bond acceptors (Lipinski definition) is 12. The van der Waals surface area contributed by atoms with E-state index in [2.05, 4.69) is 25.3 Å². The van der Waals surface area contributed by atoms with Crippen molar-refractivity contribution in [3.8, 4) is 17.3 Å². The molecule has 1 unspecified atom stereocenters. The van der Waals surface area contributed by atoms with Gasteiger partial charge in [0.15, 0.2) is 11.4 Å². The first kappa shape index (κ1) is 29.8. The standard InChI is InChI=1S/C29H37N9O5/c1-3-23(32-25-22(19-30)27-33-26(24-5-4-14-43-24)35-38(27)29(31)34-25)28(39)37-12-10-36(11-13-37)20-6-8-21(9-7-20)42-18-17-41-16-15-40-2/h4-9,14,19,23,30,32H,3,10-13,15-18H2,1-2H3,(H2,31,34). The van der Waals surface area contributed by atoms with E-state index >= 15 is 0 Å². The lowest BCUT2D eigenvalue weighted by Gasteiger charge is -2.37. The maximum atomic E-state index is 13.6. The van der Waals surface area contributed by atoms with Crippen LogP contribution >= 0.6 is 0 Å². The van der Waals surface area contributed by atoms with Gasteiger partial charge in [0.05, 0.1) is 31.6 Å². The fourth-order valence-electron chi connectivity index (χ4n) is 4.85. The summed E-state index contributed by atoms with van der Waals surface area (Å²) in [4.78, 5) is 26.6. The molecule has 1 amide bonds. The van der Waals surface area contributed by atoms with Crippen LogP contribution in [0.15, 0.2) is 47.1 Å². The van der Waals surface area contributed by atoms with Crippen LogP contribution in [0.4, 0.5) is 17.5 Å². The lowest BCUT2D eigenvalue weighted by Crippen LogP contribution is -2.52. The first-order chi connectivity index (χ1) is 21.0. The van der Waals surface area contributed by atoms with E-state index < -0.39 is 6.04 Å². The van der Waals surface area contributed by atoms with Crippen LogP contribution in [0.25, 0.3) is 17.2 Å². The summed E-state index contributed by atoms with van der Waals surface area (Å²) >= 11 is 0. The number of methoxy groups -OCH3 is 1. The predicted molar refractivity (Wildman–Crippen MR) is 162 cm³/mol. The SMILES string of the molecule is CCC(Nc1nc(N)n2nc(-c3ccco3)nc2c1C=N)C(=O)N1CCN(c2ccc(OCCOCCOC)cc2)CC1.